The zero-order chi connectivity index (χ0) is 30.8. The van der Waals surface area contributed by atoms with Crippen molar-refractivity contribution in [1.82, 2.24) is 0 Å². The van der Waals surface area contributed by atoms with E-state index in [1.807, 2.05) is 0 Å². The fraction of sp³-hybridized carbons (Fsp3) is 0.886. The first-order valence-electron chi connectivity index (χ1n) is 17.6. The van der Waals surface area contributed by atoms with Crippen molar-refractivity contribution in [1.29, 1.82) is 0 Å². The molecule has 0 fully saturated rings. The topological polar surface area (TPSA) is 52.6 Å². The molecule has 0 bridgehead atoms. The zero-order valence-electron chi connectivity index (χ0n) is 28.7. The van der Waals surface area contributed by atoms with Gasteiger partial charge in [0.2, 0.25) is 0 Å². The molecular formula is C35H68O4Sn2. The summed E-state index contributed by atoms with van der Waals surface area (Å²) in [7, 11) is 2.90. The Labute approximate surface area is 263 Å². The van der Waals surface area contributed by atoms with E-state index in [9.17, 15) is 9.59 Å². The third-order valence-electron chi connectivity index (χ3n) is 10.2. The molecule has 0 saturated heterocycles. The van der Waals surface area contributed by atoms with Gasteiger partial charge in [-0.05, 0) is 0 Å². The molecule has 6 heteroatoms. The minimum absolute atomic E-state index is 0.371. The van der Waals surface area contributed by atoms with Crippen LogP contribution in [0.5, 0.6) is 0 Å². The molecule has 41 heavy (non-hydrogen) atoms. The van der Waals surface area contributed by atoms with E-state index in [4.69, 9.17) is 9.47 Å². The summed E-state index contributed by atoms with van der Waals surface area (Å²) in [5.74, 6) is -0.741. The first-order valence-corrected chi connectivity index (χ1v) is 33.7. The van der Waals surface area contributed by atoms with Gasteiger partial charge < -0.3 is 0 Å². The van der Waals surface area contributed by atoms with Crippen molar-refractivity contribution in [2.45, 2.75) is 167 Å². The summed E-state index contributed by atoms with van der Waals surface area (Å²) >= 11 is -5.13. The Kier molecular flexibility index (Phi) is 20.2. The molecule has 240 valence electrons. The number of rotatable bonds is 24. The predicted molar refractivity (Wildman–Crippen MR) is 182 cm³/mol. The van der Waals surface area contributed by atoms with Gasteiger partial charge in [-0.1, -0.05) is 0 Å². The number of unbranched alkanes of at least 4 members (excludes halogenated alkanes) is 6. The molecule has 0 atom stereocenters. The molecule has 1 aliphatic carbocycles. The summed E-state index contributed by atoms with van der Waals surface area (Å²) in [6.45, 7) is 14.0. The predicted octanol–water partition coefficient (Wildman–Crippen LogP) is 11.1. The molecule has 0 radical (unpaired) electrons. The van der Waals surface area contributed by atoms with E-state index in [0.29, 0.717) is 12.8 Å². The minimum atomic E-state index is -2.57. The van der Waals surface area contributed by atoms with Gasteiger partial charge >= 0.3 is 265 Å². The van der Waals surface area contributed by atoms with Crippen LogP contribution in [0.2, 0.25) is 35.5 Å². The van der Waals surface area contributed by atoms with E-state index in [0.717, 1.165) is 0 Å². The zero-order valence-corrected chi connectivity index (χ0v) is 34.4. The quantitative estimate of drug-likeness (QED) is 0.0423. The van der Waals surface area contributed by atoms with E-state index in [1.54, 1.807) is 0 Å². The fourth-order valence-corrected chi connectivity index (χ4v) is 41.2. The number of hydrogen-bond donors (Lipinski definition) is 0. The van der Waals surface area contributed by atoms with Gasteiger partial charge in [-0.15, -0.1) is 0 Å². The van der Waals surface area contributed by atoms with Crippen LogP contribution >= 0.6 is 0 Å². The molecule has 0 heterocycles. The van der Waals surface area contributed by atoms with E-state index < -0.39 is 42.2 Å². The Balaban J connectivity index is 3.76. The Morgan fingerprint density at radius 3 is 0.976 bits per heavy atom. The molecule has 0 N–H and O–H groups in total. The molecule has 0 aromatic carbocycles. The van der Waals surface area contributed by atoms with Crippen molar-refractivity contribution in [2.24, 2.45) is 5.41 Å². The SMILES string of the molecule is CCC[CH2][Sn]([CH2]CCC)([CH2]CCC)[CH2]C1=C([CH2][Sn]([CH2]CCC)([CH2]CCC)[CH2]CCC)CC(C(=O)OC)(C(=O)OC)C1. The average molecular weight is 790 g/mol. The van der Waals surface area contributed by atoms with Gasteiger partial charge in [0.05, 0.1) is 0 Å². The average Bonchev–Trinajstić information content (AvgIpc) is 3.35. The monoisotopic (exact) mass is 792 g/mol. The van der Waals surface area contributed by atoms with Crippen LogP contribution in [0.15, 0.2) is 11.1 Å². The Morgan fingerprint density at radius 2 is 0.780 bits per heavy atom. The fourth-order valence-electron chi connectivity index (χ4n) is 7.68. The Hall–Kier alpha value is 0.277. The summed E-state index contributed by atoms with van der Waals surface area (Å²) in [6.07, 6.45) is 16.8. The van der Waals surface area contributed by atoms with Gasteiger partial charge in [-0.25, -0.2) is 0 Å². The van der Waals surface area contributed by atoms with Crippen molar-refractivity contribution >= 4 is 48.7 Å². The van der Waals surface area contributed by atoms with Gasteiger partial charge in [0.1, 0.15) is 0 Å². The number of methoxy groups -OCH3 is 2. The molecule has 0 saturated carbocycles. The molecular weight excluding hydrogens is 722 g/mol. The van der Waals surface area contributed by atoms with Crippen molar-refractivity contribution in [3.8, 4) is 0 Å². The molecule has 1 rings (SSSR count). The summed E-state index contributed by atoms with van der Waals surface area (Å²) < 4.78 is 22.0. The van der Waals surface area contributed by atoms with Crippen molar-refractivity contribution in [3.05, 3.63) is 11.1 Å². The molecule has 0 spiro atoms. The van der Waals surface area contributed by atoms with Crippen LogP contribution < -0.4 is 0 Å². The van der Waals surface area contributed by atoms with Gasteiger partial charge in [-0.3, -0.25) is 0 Å². The van der Waals surface area contributed by atoms with Gasteiger partial charge in [0.15, 0.2) is 0 Å². The molecule has 0 aromatic heterocycles. The number of carbonyl (C=O) groups is 2. The second-order valence-corrected chi connectivity index (χ2v) is 41.3. The van der Waals surface area contributed by atoms with Crippen molar-refractivity contribution in [2.75, 3.05) is 14.2 Å². The van der Waals surface area contributed by atoms with E-state index in [2.05, 4.69) is 41.5 Å². The summed E-state index contributed by atoms with van der Waals surface area (Å²) in [5.41, 5.74) is 1.90. The van der Waals surface area contributed by atoms with Crippen LogP contribution in [0.3, 0.4) is 0 Å². The van der Waals surface area contributed by atoms with Crippen LogP contribution in [-0.2, 0) is 19.1 Å². The molecule has 0 aliphatic heterocycles. The second kappa shape index (κ2) is 21.1. The van der Waals surface area contributed by atoms with Crippen LogP contribution in [0.25, 0.3) is 0 Å². The van der Waals surface area contributed by atoms with E-state index >= 15 is 0 Å². The number of allylic oxidation sites excluding steroid dienone is 2. The van der Waals surface area contributed by atoms with E-state index in [1.165, 1.54) is 138 Å². The van der Waals surface area contributed by atoms with Crippen molar-refractivity contribution in [3.63, 3.8) is 0 Å². The number of esters is 2. The van der Waals surface area contributed by atoms with Gasteiger partial charge in [0.25, 0.3) is 0 Å². The molecule has 1 aliphatic rings. The van der Waals surface area contributed by atoms with Crippen LogP contribution in [-0.4, -0.2) is 62.9 Å². The first kappa shape index (κ1) is 39.3. The van der Waals surface area contributed by atoms with Crippen molar-refractivity contribution < 1.29 is 19.1 Å². The molecule has 0 aromatic rings. The van der Waals surface area contributed by atoms with Gasteiger partial charge in [0, 0.05) is 0 Å². The molecule has 0 unspecified atom stereocenters. The van der Waals surface area contributed by atoms with Crippen LogP contribution in [0.1, 0.15) is 131 Å². The van der Waals surface area contributed by atoms with Crippen LogP contribution in [0.4, 0.5) is 0 Å². The Bertz CT molecular complexity index is 683. The summed E-state index contributed by atoms with van der Waals surface area (Å²) in [6, 6.07) is 0. The maximum atomic E-state index is 13.5. The number of carbonyl (C=O) groups excluding carboxylic acids is 2. The third kappa shape index (κ3) is 11.9. The van der Waals surface area contributed by atoms with Crippen LogP contribution in [0, 0.1) is 5.41 Å². The molecule has 4 nitrogen and oxygen atoms in total. The normalized spacial score (nSPS) is 15.4. The standard InChI is InChI=1S/C11H14O4.6C4H9.2Sn/c1-7-5-11(6-8(7)2,9(12)14-3)10(13)15-4;6*1-3-4-2;;/h1-2,5-6H2,3-4H3;6*1,3-4H2,2H3;;. The Morgan fingerprint density at radius 1 is 0.537 bits per heavy atom. The number of hydrogen-bond acceptors (Lipinski definition) is 4. The molecule has 0 amide bonds. The van der Waals surface area contributed by atoms with E-state index in [-0.39, 0.29) is 11.9 Å². The van der Waals surface area contributed by atoms with Gasteiger partial charge in [-0.2, -0.15) is 0 Å². The third-order valence-corrected chi connectivity index (χ3v) is 41.2. The summed E-state index contributed by atoms with van der Waals surface area (Å²) in [5, 5.41) is 0. The summed E-state index contributed by atoms with van der Waals surface area (Å²) in [4.78, 5) is 27.0. The first-order chi connectivity index (χ1) is 19.7. The second-order valence-electron chi connectivity index (χ2n) is 13.6. The number of ether oxygens (including phenoxy) is 2. The maximum absolute atomic E-state index is 13.5.